The maximum atomic E-state index is 10.4. The number of carboxylic acid groups (broad SMARTS) is 1. The summed E-state index contributed by atoms with van der Waals surface area (Å²) in [5, 5.41) is 8.54. The van der Waals surface area contributed by atoms with Crippen LogP contribution < -0.4 is 0 Å². The van der Waals surface area contributed by atoms with E-state index in [0.717, 1.165) is 6.42 Å². The lowest BCUT2D eigenvalue weighted by atomic mass is 9.88. The summed E-state index contributed by atoms with van der Waals surface area (Å²) in [5.74, 6) is 0. The topological polar surface area (TPSA) is 46.5 Å². The second kappa shape index (κ2) is 3.79. The number of rotatable bonds is 1. The molecule has 0 aromatic carbocycles. The van der Waals surface area contributed by atoms with Crippen LogP contribution in [0.15, 0.2) is 0 Å². The van der Waals surface area contributed by atoms with Crippen molar-refractivity contribution in [3.05, 3.63) is 0 Å². The van der Waals surface area contributed by atoms with Crippen molar-refractivity contribution in [1.29, 1.82) is 0 Å². The first kappa shape index (κ1) is 9.81. The normalized spacial score (nSPS) is 30.4. The molecule has 2 saturated carbocycles. The highest BCUT2D eigenvalue weighted by atomic mass is 16.7. The van der Waals surface area contributed by atoms with Crippen molar-refractivity contribution >= 4 is 6.16 Å². The van der Waals surface area contributed by atoms with E-state index in [2.05, 4.69) is 0 Å². The van der Waals surface area contributed by atoms with Gasteiger partial charge < -0.3 is 9.84 Å². The molecule has 2 aliphatic carbocycles. The van der Waals surface area contributed by atoms with Gasteiger partial charge in [0.05, 0.1) is 0 Å². The fraction of sp³-hybridized carbons (Fsp3) is 0.909. The molecule has 1 N–H and O–H groups in total. The van der Waals surface area contributed by atoms with Gasteiger partial charge in [-0.05, 0) is 19.3 Å². The Morgan fingerprint density at radius 2 is 1.71 bits per heavy atom. The lowest BCUT2D eigenvalue weighted by Gasteiger charge is -2.19. The zero-order chi connectivity index (χ0) is 10.0. The van der Waals surface area contributed by atoms with Crippen LogP contribution in [0.3, 0.4) is 0 Å². The third-order valence-electron chi connectivity index (χ3n) is 3.71. The van der Waals surface area contributed by atoms with Crippen LogP contribution in [-0.2, 0) is 4.74 Å². The molecule has 3 heteroatoms. The molecular formula is C11H18O3. The summed E-state index contributed by atoms with van der Waals surface area (Å²) in [5.41, 5.74) is 0.249. The van der Waals surface area contributed by atoms with Gasteiger partial charge in [-0.3, -0.25) is 0 Å². The van der Waals surface area contributed by atoms with Crippen LogP contribution in [0.2, 0.25) is 0 Å². The molecule has 0 aliphatic heterocycles. The highest BCUT2D eigenvalue weighted by molar-refractivity contribution is 5.57. The zero-order valence-corrected chi connectivity index (χ0v) is 8.50. The predicted molar refractivity (Wildman–Crippen MR) is 52.3 cm³/mol. The molecule has 0 saturated heterocycles. The predicted octanol–water partition coefficient (Wildman–Crippen LogP) is 3.18. The Morgan fingerprint density at radius 3 is 2.29 bits per heavy atom. The Labute approximate surface area is 84.4 Å². The van der Waals surface area contributed by atoms with Gasteiger partial charge in [-0.15, -0.1) is 0 Å². The van der Waals surface area contributed by atoms with Gasteiger partial charge in [0.1, 0.15) is 6.10 Å². The van der Waals surface area contributed by atoms with Crippen molar-refractivity contribution in [3.63, 3.8) is 0 Å². The SMILES string of the molecule is O=C(O)OC1CC12CCCCCCC2. The first-order chi connectivity index (χ1) is 6.73. The lowest BCUT2D eigenvalue weighted by Crippen LogP contribution is -2.14. The summed E-state index contributed by atoms with van der Waals surface area (Å²) in [7, 11) is 0. The maximum Gasteiger partial charge on any atom is 0.506 e. The van der Waals surface area contributed by atoms with Crippen molar-refractivity contribution in [2.75, 3.05) is 0 Å². The van der Waals surface area contributed by atoms with Gasteiger partial charge in [0.15, 0.2) is 0 Å². The number of hydrogen-bond acceptors (Lipinski definition) is 2. The highest BCUT2D eigenvalue weighted by Crippen LogP contribution is 2.56. The Kier molecular flexibility index (Phi) is 2.66. The van der Waals surface area contributed by atoms with E-state index in [0.29, 0.717) is 0 Å². The number of hydrogen-bond donors (Lipinski definition) is 1. The summed E-state index contributed by atoms with van der Waals surface area (Å²) in [6.07, 6.45) is 8.68. The maximum absolute atomic E-state index is 10.4. The molecule has 0 radical (unpaired) electrons. The average Bonchev–Trinajstić information content (AvgIpc) is 2.72. The Morgan fingerprint density at radius 1 is 1.14 bits per heavy atom. The molecule has 1 atom stereocenters. The van der Waals surface area contributed by atoms with E-state index in [1.807, 2.05) is 0 Å². The standard InChI is InChI=1S/C11H18O3/c12-10(13)14-9-8-11(9)6-4-2-1-3-5-7-11/h9H,1-8H2,(H,12,13). The quantitative estimate of drug-likeness (QED) is 0.658. The molecule has 1 unspecified atom stereocenters. The largest absolute Gasteiger partial charge is 0.506 e. The molecule has 0 amide bonds. The first-order valence-corrected chi connectivity index (χ1v) is 5.63. The van der Waals surface area contributed by atoms with Crippen LogP contribution in [0.25, 0.3) is 0 Å². The Balaban J connectivity index is 1.86. The minimum atomic E-state index is -1.10. The van der Waals surface area contributed by atoms with Gasteiger partial charge in [-0.25, -0.2) is 4.79 Å². The smallest absolute Gasteiger partial charge is 0.450 e. The second-order valence-electron chi connectivity index (χ2n) is 4.71. The molecule has 2 aliphatic rings. The van der Waals surface area contributed by atoms with Crippen LogP contribution in [0.4, 0.5) is 4.79 Å². The van der Waals surface area contributed by atoms with Crippen molar-refractivity contribution in [2.24, 2.45) is 5.41 Å². The van der Waals surface area contributed by atoms with Gasteiger partial charge in [0.25, 0.3) is 0 Å². The summed E-state index contributed by atoms with van der Waals surface area (Å²) in [6, 6.07) is 0. The first-order valence-electron chi connectivity index (χ1n) is 5.63. The molecule has 0 heterocycles. The third-order valence-corrected chi connectivity index (χ3v) is 3.71. The molecule has 0 aromatic rings. The van der Waals surface area contributed by atoms with Gasteiger partial charge in [-0.1, -0.05) is 32.1 Å². The van der Waals surface area contributed by atoms with Crippen molar-refractivity contribution in [1.82, 2.24) is 0 Å². The van der Waals surface area contributed by atoms with Crippen LogP contribution in [0.1, 0.15) is 51.4 Å². The van der Waals surface area contributed by atoms with Gasteiger partial charge in [0.2, 0.25) is 0 Å². The minimum absolute atomic E-state index is 0.0121. The average molecular weight is 198 g/mol. The van der Waals surface area contributed by atoms with E-state index < -0.39 is 6.16 Å². The molecule has 14 heavy (non-hydrogen) atoms. The molecule has 80 valence electrons. The fourth-order valence-electron chi connectivity index (χ4n) is 2.73. The molecule has 0 aromatic heterocycles. The summed E-state index contributed by atoms with van der Waals surface area (Å²) in [6.45, 7) is 0. The monoisotopic (exact) mass is 198 g/mol. The Hall–Kier alpha value is -0.730. The number of carbonyl (C=O) groups is 1. The van der Waals surface area contributed by atoms with E-state index >= 15 is 0 Å². The molecular weight excluding hydrogens is 180 g/mol. The van der Waals surface area contributed by atoms with Crippen LogP contribution >= 0.6 is 0 Å². The van der Waals surface area contributed by atoms with Crippen molar-refractivity contribution < 1.29 is 14.6 Å². The lowest BCUT2D eigenvalue weighted by molar-refractivity contribution is 0.0677. The zero-order valence-electron chi connectivity index (χ0n) is 8.50. The fourth-order valence-corrected chi connectivity index (χ4v) is 2.73. The van der Waals surface area contributed by atoms with Gasteiger partial charge >= 0.3 is 6.16 Å². The Bertz CT molecular complexity index is 217. The van der Waals surface area contributed by atoms with E-state index in [1.165, 1.54) is 44.9 Å². The minimum Gasteiger partial charge on any atom is -0.450 e. The molecule has 1 spiro atoms. The van der Waals surface area contributed by atoms with Crippen molar-refractivity contribution in [2.45, 2.75) is 57.5 Å². The number of ether oxygens (including phenoxy) is 1. The molecule has 0 bridgehead atoms. The molecule has 2 fully saturated rings. The highest BCUT2D eigenvalue weighted by Gasteiger charge is 2.55. The van der Waals surface area contributed by atoms with Gasteiger partial charge in [-0.2, -0.15) is 0 Å². The van der Waals surface area contributed by atoms with Gasteiger partial charge in [0, 0.05) is 5.41 Å². The van der Waals surface area contributed by atoms with E-state index in [1.54, 1.807) is 0 Å². The second-order valence-corrected chi connectivity index (χ2v) is 4.71. The van der Waals surface area contributed by atoms with Crippen LogP contribution in [-0.4, -0.2) is 17.4 Å². The molecule has 2 rings (SSSR count). The summed E-state index contributed by atoms with van der Waals surface area (Å²) >= 11 is 0. The summed E-state index contributed by atoms with van der Waals surface area (Å²) in [4.78, 5) is 10.4. The van der Waals surface area contributed by atoms with E-state index in [9.17, 15) is 4.79 Å². The van der Waals surface area contributed by atoms with E-state index in [-0.39, 0.29) is 11.5 Å². The summed E-state index contributed by atoms with van der Waals surface area (Å²) < 4.78 is 4.87. The van der Waals surface area contributed by atoms with Crippen molar-refractivity contribution in [3.8, 4) is 0 Å². The van der Waals surface area contributed by atoms with E-state index in [4.69, 9.17) is 9.84 Å². The van der Waals surface area contributed by atoms with Crippen LogP contribution in [0.5, 0.6) is 0 Å². The molecule has 3 nitrogen and oxygen atoms in total. The van der Waals surface area contributed by atoms with Crippen LogP contribution in [0, 0.1) is 5.41 Å². The third kappa shape index (κ3) is 2.02.